The zero-order valence-corrected chi connectivity index (χ0v) is 22.0. The molecule has 0 spiro atoms. The Morgan fingerprint density at radius 2 is 2.03 bits per heavy atom. The maximum Gasteiger partial charge on any atom is 0.326 e. The first-order valence-corrected chi connectivity index (χ1v) is 14.0. The van der Waals surface area contributed by atoms with Crippen molar-refractivity contribution in [1.82, 2.24) is 30.1 Å². The van der Waals surface area contributed by atoms with Gasteiger partial charge < -0.3 is 20.6 Å². The van der Waals surface area contributed by atoms with Crippen molar-refractivity contribution in [2.75, 3.05) is 38.0 Å². The molecule has 10 heteroatoms. The van der Waals surface area contributed by atoms with Gasteiger partial charge in [0.05, 0.1) is 12.6 Å². The third-order valence-electron chi connectivity index (χ3n) is 8.11. The van der Waals surface area contributed by atoms with Gasteiger partial charge in [-0.15, -0.1) is 0 Å². The summed E-state index contributed by atoms with van der Waals surface area (Å²) in [5.74, 6) is 1.13. The molecule has 0 aliphatic carbocycles. The average molecular weight is 522 g/mol. The highest BCUT2D eigenvalue weighted by molar-refractivity contribution is 5.87. The molecule has 10 nitrogen and oxygen atoms in total. The number of fused-ring (bicyclic) bond motifs is 1. The molecule has 0 radical (unpaired) electrons. The van der Waals surface area contributed by atoms with Gasteiger partial charge in [0.2, 0.25) is 5.91 Å². The smallest absolute Gasteiger partial charge is 0.326 e. The largest absolute Gasteiger partial charge is 0.480 e. The number of carboxylic acids is 1. The molecule has 2 aromatic heterocycles. The second-order valence-corrected chi connectivity index (χ2v) is 10.8. The summed E-state index contributed by atoms with van der Waals surface area (Å²) in [6.07, 6.45) is 10.8. The molecule has 0 unspecified atom stereocenters. The summed E-state index contributed by atoms with van der Waals surface area (Å²) >= 11 is 0. The van der Waals surface area contributed by atoms with Crippen LogP contribution in [0.5, 0.6) is 0 Å². The van der Waals surface area contributed by atoms with Crippen LogP contribution >= 0.6 is 0 Å². The molecular formula is C28H39N7O3. The molecule has 2 fully saturated rings. The first-order valence-electron chi connectivity index (χ1n) is 14.0. The van der Waals surface area contributed by atoms with Gasteiger partial charge in [-0.1, -0.05) is 6.07 Å². The van der Waals surface area contributed by atoms with Crippen molar-refractivity contribution in [3.05, 3.63) is 47.7 Å². The van der Waals surface area contributed by atoms with Crippen molar-refractivity contribution in [3.8, 4) is 0 Å². The van der Waals surface area contributed by atoms with Gasteiger partial charge in [0.1, 0.15) is 17.7 Å². The highest BCUT2D eigenvalue weighted by Gasteiger charge is 2.34. The third-order valence-corrected chi connectivity index (χ3v) is 8.11. The second-order valence-electron chi connectivity index (χ2n) is 10.8. The van der Waals surface area contributed by atoms with Crippen LogP contribution in [-0.4, -0.2) is 86.5 Å². The molecule has 0 bridgehead atoms. The molecule has 3 aliphatic rings. The Hall–Kier alpha value is -3.11. The highest BCUT2D eigenvalue weighted by atomic mass is 16.4. The Balaban J connectivity index is 1.06. The lowest BCUT2D eigenvalue weighted by atomic mass is 10.00. The number of nitrogens with zero attached hydrogens (tertiary/aromatic N) is 5. The van der Waals surface area contributed by atoms with Crippen molar-refractivity contribution in [1.29, 1.82) is 0 Å². The van der Waals surface area contributed by atoms with Crippen molar-refractivity contribution in [2.24, 2.45) is 5.92 Å². The monoisotopic (exact) mass is 521 g/mol. The number of amides is 1. The number of hydrogen-bond acceptors (Lipinski definition) is 8. The number of hydrogen-bond donors (Lipinski definition) is 3. The second kappa shape index (κ2) is 12.6. The van der Waals surface area contributed by atoms with Crippen molar-refractivity contribution in [3.63, 3.8) is 0 Å². The minimum Gasteiger partial charge on any atom is -0.480 e. The lowest BCUT2D eigenvalue weighted by molar-refractivity contribution is -0.142. The number of anilines is 1. The van der Waals surface area contributed by atoms with E-state index >= 15 is 0 Å². The maximum absolute atomic E-state index is 13.0. The number of carbonyl (C=O) groups excluding carboxylic acids is 1. The summed E-state index contributed by atoms with van der Waals surface area (Å²) in [4.78, 5) is 42.7. The Kier molecular flexibility index (Phi) is 8.80. The van der Waals surface area contributed by atoms with Gasteiger partial charge in [0.15, 0.2) is 0 Å². The number of nitrogens with one attached hydrogen (secondary N) is 2. The zero-order valence-electron chi connectivity index (χ0n) is 22.0. The minimum absolute atomic E-state index is 0.211. The highest BCUT2D eigenvalue weighted by Crippen LogP contribution is 2.24. The van der Waals surface area contributed by atoms with E-state index < -0.39 is 12.0 Å². The molecule has 2 aromatic rings. The van der Waals surface area contributed by atoms with E-state index in [1.807, 2.05) is 4.90 Å². The van der Waals surface area contributed by atoms with Crippen LogP contribution in [0.1, 0.15) is 55.6 Å². The van der Waals surface area contributed by atoms with E-state index in [4.69, 9.17) is 4.98 Å². The Morgan fingerprint density at radius 3 is 2.87 bits per heavy atom. The third kappa shape index (κ3) is 6.85. The fraction of sp³-hybridized carbons (Fsp3) is 0.607. The number of pyridine rings is 1. The number of aromatic nitrogens is 3. The summed E-state index contributed by atoms with van der Waals surface area (Å²) in [7, 11) is 0. The molecule has 1 amide bonds. The normalized spacial score (nSPS) is 22.5. The van der Waals surface area contributed by atoms with E-state index in [9.17, 15) is 14.7 Å². The van der Waals surface area contributed by atoms with Crippen LogP contribution < -0.4 is 10.6 Å². The van der Waals surface area contributed by atoms with Crippen LogP contribution in [0.3, 0.4) is 0 Å². The van der Waals surface area contributed by atoms with Crippen LogP contribution in [0.15, 0.2) is 30.6 Å². The van der Waals surface area contributed by atoms with E-state index in [1.165, 1.54) is 12.0 Å². The fourth-order valence-corrected chi connectivity index (χ4v) is 5.95. The minimum atomic E-state index is -0.975. The van der Waals surface area contributed by atoms with Gasteiger partial charge >= 0.3 is 5.97 Å². The summed E-state index contributed by atoms with van der Waals surface area (Å²) in [5.41, 5.74) is 2.46. The lowest BCUT2D eigenvalue weighted by Crippen LogP contribution is -2.50. The Bertz CT molecular complexity index is 1100. The van der Waals surface area contributed by atoms with E-state index in [0.717, 1.165) is 69.8 Å². The van der Waals surface area contributed by atoms with Crippen molar-refractivity contribution < 1.29 is 14.7 Å². The zero-order chi connectivity index (χ0) is 26.3. The molecule has 0 aromatic carbocycles. The number of rotatable bonds is 11. The molecule has 3 atom stereocenters. The Labute approximate surface area is 224 Å². The molecule has 5 rings (SSSR count). The van der Waals surface area contributed by atoms with Gasteiger partial charge in [-0.2, -0.15) is 0 Å². The Morgan fingerprint density at radius 1 is 1.16 bits per heavy atom. The number of carboxylic acid groups (broad SMARTS) is 1. The fourth-order valence-electron chi connectivity index (χ4n) is 5.95. The standard InChI is InChI=1S/C28H39N7O3/c36-27(24-5-2-15-35(24)19-25-29-13-3-14-30-25)33-23(28(37)38)11-17-34-16-10-20(18-34)6-8-22-9-7-21-4-1-12-31-26(21)32-22/h3,7,9,13-14,20,23-24H,1-2,4-6,8,10-12,15-19H2,(H,31,32)(H,33,36)(H,37,38)/t20-,23+,24+/m1/s1. The molecule has 3 N–H and O–H groups in total. The molecule has 3 aliphatic heterocycles. The quantitative estimate of drug-likeness (QED) is 0.408. The van der Waals surface area contributed by atoms with Gasteiger partial charge in [-0.25, -0.2) is 19.7 Å². The summed E-state index contributed by atoms with van der Waals surface area (Å²) in [6, 6.07) is 4.91. The number of aryl methyl sites for hydroxylation is 2. The van der Waals surface area contributed by atoms with E-state index in [2.05, 4.69) is 37.6 Å². The van der Waals surface area contributed by atoms with E-state index in [1.54, 1.807) is 18.5 Å². The number of aliphatic carboxylic acids is 1. The topological polar surface area (TPSA) is 124 Å². The van der Waals surface area contributed by atoms with Gasteiger partial charge in [-0.3, -0.25) is 9.69 Å². The number of likely N-dealkylation sites (tertiary alicyclic amines) is 2. The first-order chi connectivity index (χ1) is 18.5. The van der Waals surface area contributed by atoms with Crippen molar-refractivity contribution >= 4 is 17.7 Å². The predicted molar refractivity (Wildman–Crippen MR) is 144 cm³/mol. The van der Waals surface area contributed by atoms with Gasteiger partial charge in [0.25, 0.3) is 0 Å². The van der Waals surface area contributed by atoms with Gasteiger partial charge in [0, 0.05) is 37.7 Å². The molecule has 38 heavy (non-hydrogen) atoms. The molecule has 204 valence electrons. The van der Waals surface area contributed by atoms with Crippen LogP contribution in [0.4, 0.5) is 5.82 Å². The van der Waals surface area contributed by atoms with Gasteiger partial charge in [-0.05, 0) is 88.1 Å². The average Bonchev–Trinajstić information content (AvgIpc) is 3.59. The van der Waals surface area contributed by atoms with Crippen molar-refractivity contribution in [2.45, 2.75) is 70.0 Å². The van der Waals surface area contributed by atoms with E-state index in [0.29, 0.717) is 37.7 Å². The predicted octanol–water partition coefficient (Wildman–Crippen LogP) is 2.11. The van der Waals surface area contributed by atoms with Crippen LogP contribution in [0.2, 0.25) is 0 Å². The summed E-state index contributed by atoms with van der Waals surface area (Å²) < 4.78 is 0. The molecular weight excluding hydrogens is 482 g/mol. The molecule has 0 saturated carbocycles. The summed E-state index contributed by atoms with van der Waals surface area (Å²) in [6.45, 7) is 4.87. The van der Waals surface area contributed by atoms with Crippen LogP contribution in [0, 0.1) is 5.92 Å². The number of carbonyl (C=O) groups is 2. The van der Waals surface area contributed by atoms with E-state index in [-0.39, 0.29) is 11.9 Å². The molecule has 5 heterocycles. The molecule has 2 saturated heterocycles. The summed E-state index contributed by atoms with van der Waals surface area (Å²) in [5, 5.41) is 16.0. The first kappa shape index (κ1) is 26.5. The van der Waals surface area contributed by atoms with Crippen LogP contribution in [0.25, 0.3) is 0 Å². The maximum atomic E-state index is 13.0. The van der Waals surface area contributed by atoms with Crippen LogP contribution in [-0.2, 0) is 29.0 Å². The SMILES string of the molecule is O=C(O)[C@H](CCN1CC[C@@H](CCc2ccc3c(n2)NCCC3)C1)NC(=O)[C@@H]1CCCN1Cc1ncccn1. The lowest BCUT2D eigenvalue weighted by Gasteiger charge is -2.25.